The molecular weight excluding hydrogens is 468 g/mol. The number of rotatable bonds is 6. The fraction of sp³-hybridized carbons (Fsp3) is 0.346. The van der Waals surface area contributed by atoms with E-state index < -0.39 is 6.04 Å². The van der Waals surface area contributed by atoms with Gasteiger partial charge in [0.2, 0.25) is 11.8 Å². The zero-order chi connectivity index (χ0) is 25.2. The van der Waals surface area contributed by atoms with Crippen LogP contribution in [0.2, 0.25) is 0 Å². The van der Waals surface area contributed by atoms with Crippen LogP contribution in [-0.2, 0) is 22.7 Å². The number of carbonyl (C=O) groups is 2. The first-order valence-electron chi connectivity index (χ1n) is 11.9. The van der Waals surface area contributed by atoms with Gasteiger partial charge in [-0.3, -0.25) is 14.5 Å². The third-order valence-corrected chi connectivity index (χ3v) is 6.86. The Hall–Kier alpha value is -3.63. The first kappa shape index (κ1) is 24.1. The molecule has 0 saturated carbocycles. The van der Waals surface area contributed by atoms with Crippen molar-refractivity contribution in [3.63, 3.8) is 0 Å². The predicted octanol–water partition coefficient (Wildman–Crippen LogP) is 2.45. The molecule has 8 nitrogen and oxygen atoms in total. The minimum atomic E-state index is -0.928. The van der Waals surface area contributed by atoms with Gasteiger partial charge in [-0.2, -0.15) is 0 Å². The summed E-state index contributed by atoms with van der Waals surface area (Å²) in [5, 5.41) is 3.87. The third-order valence-electron chi connectivity index (χ3n) is 6.86. The molecule has 5 rings (SSSR count). The molecule has 0 bridgehead atoms. The molecule has 1 saturated heterocycles. The third kappa shape index (κ3) is 5.00. The molecule has 2 amide bonds. The van der Waals surface area contributed by atoms with E-state index in [0.29, 0.717) is 39.3 Å². The van der Waals surface area contributed by atoms with E-state index in [1.165, 1.54) is 30.5 Å². The Morgan fingerprint density at radius 1 is 0.889 bits per heavy atom. The van der Waals surface area contributed by atoms with Crippen LogP contribution in [0.1, 0.15) is 34.8 Å². The van der Waals surface area contributed by atoms with Gasteiger partial charge in [-0.1, -0.05) is 29.4 Å². The van der Waals surface area contributed by atoms with Gasteiger partial charge in [0.05, 0.1) is 31.6 Å². The lowest BCUT2D eigenvalue weighted by Crippen LogP contribution is -2.52. The summed E-state index contributed by atoms with van der Waals surface area (Å²) in [6, 6.07) is 11.4. The Labute approximate surface area is 207 Å². The van der Waals surface area contributed by atoms with E-state index in [0.717, 1.165) is 22.4 Å². The number of benzene rings is 2. The highest BCUT2D eigenvalue weighted by atomic mass is 19.1. The standard InChI is InChI=1S/C26H27F2N5O3/c27-20-5-1-17(2-6-20)25(18-3-7-21(28)8-4-18)32-11-9-31(10-12-32)24(34)13-22(29)26(35)33-14-19-16-36-30-23(19)15-33/h1-8,16,22,25H,9-15,29H2/t22-/m0/s1. The maximum absolute atomic E-state index is 13.5. The normalized spacial score (nSPS) is 16.9. The summed E-state index contributed by atoms with van der Waals surface area (Å²) in [7, 11) is 0. The molecular formula is C26H27F2N5O3. The SMILES string of the molecule is N[C@@H](CC(=O)N1CCN(C(c2ccc(F)cc2)c2ccc(F)cc2)CC1)C(=O)N1Cc2conc2C1. The summed E-state index contributed by atoms with van der Waals surface area (Å²) >= 11 is 0. The second kappa shape index (κ2) is 10.2. The van der Waals surface area contributed by atoms with Gasteiger partial charge in [0, 0.05) is 31.7 Å². The average molecular weight is 496 g/mol. The zero-order valence-corrected chi connectivity index (χ0v) is 19.6. The highest BCUT2D eigenvalue weighted by molar-refractivity contribution is 5.88. The molecule has 1 fully saturated rings. The lowest BCUT2D eigenvalue weighted by Gasteiger charge is -2.40. The highest BCUT2D eigenvalue weighted by Gasteiger charge is 2.33. The van der Waals surface area contributed by atoms with Crippen LogP contribution in [0.25, 0.3) is 0 Å². The van der Waals surface area contributed by atoms with Crippen molar-refractivity contribution in [2.24, 2.45) is 5.73 Å². The van der Waals surface area contributed by atoms with Gasteiger partial charge in [-0.25, -0.2) is 8.78 Å². The molecule has 0 aliphatic carbocycles. The van der Waals surface area contributed by atoms with Crippen LogP contribution < -0.4 is 5.73 Å². The molecule has 0 radical (unpaired) electrons. The molecule has 36 heavy (non-hydrogen) atoms. The number of hydrogen-bond donors (Lipinski definition) is 1. The zero-order valence-electron chi connectivity index (χ0n) is 19.6. The van der Waals surface area contributed by atoms with E-state index in [2.05, 4.69) is 10.1 Å². The van der Waals surface area contributed by atoms with Gasteiger partial charge in [-0.05, 0) is 35.4 Å². The second-order valence-electron chi connectivity index (χ2n) is 9.21. The first-order chi connectivity index (χ1) is 17.4. The van der Waals surface area contributed by atoms with Crippen molar-refractivity contribution in [2.45, 2.75) is 31.6 Å². The smallest absolute Gasteiger partial charge is 0.240 e. The molecule has 2 aliphatic rings. The van der Waals surface area contributed by atoms with E-state index >= 15 is 0 Å². The van der Waals surface area contributed by atoms with Crippen molar-refractivity contribution in [3.8, 4) is 0 Å². The van der Waals surface area contributed by atoms with E-state index in [-0.39, 0.29) is 35.9 Å². The molecule has 3 aromatic rings. The summed E-state index contributed by atoms with van der Waals surface area (Å²) in [5.74, 6) is -1.11. The average Bonchev–Trinajstić information content (AvgIpc) is 3.49. The number of aromatic nitrogens is 1. The van der Waals surface area contributed by atoms with Crippen molar-refractivity contribution in [1.29, 1.82) is 0 Å². The highest BCUT2D eigenvalue weighted by Crippen LogP contribution is 2.30. The lowest BCUT2D eigenvalue weighted by atomic mass is 9.96. The molecule has 2 N–H and O–H groups in total. The van der Waals surface area contributed by atoms with Crippen molar-refractivity contribution < 1.29 is 22.9 Å². The molecule has 1 atom stereocenters. The number of fused-ring (bicyclic) bond motifs is 1. The number of nitrogens with zero attached hydrogens (tertiary/aromatic N) is 4. The van der Waals surface area contributed by atoms with Crippen LogP contribution in [0.15, 0.2) is 59.3 Å². The van der Waals surface area contributed by atoms with Crippen LogP contribution in [0.3, 0.4) is 0 Å². The predicted molar refractivity (Wildman–Crippen MR) is 126 cm³/mol. The van der Waals surface area contributed by atoms with E-state index in [1.807, 2.05) is 0 Å². The second-order valence-corrected chi connectivity index (χ2v) is 9.21. The number of piperazine rings is 1. The Kier molecular flexibility index (Phi) is 6.80. The molecule has 10 heteroatoms. The van der Waals surface area contributed by atoms with Gasteiger partial charge < -0.3 is 20.1 Å². The maximum atomic E-state index is 13.5. The Morgan fingerprint density at radius 2 is 1.47 bits per heavy atom. The number of halogens is 2. The number of carbonyl (C=O) groups excluding carboxylic acids is 2. The summed E-state index contributed by atoms with van der Waals surface area (Å²) in [6.07, 6.45) is 1.45. The largest absolute Gasteiger partial charge is 0.364 e. The van der Waals surface area contributed by atoms with Crippen molar-refractivity contribution in [1.82, 2.24) is 19.9 Å². The van der Waals surface area contributed by atoms with Crippen LogP contribution in [-0.4, -0.2) is 63.9 Å². The fourth-order valence-corrected chi connectivity index (χ4v) is 4.91. The molecule has 3 heterocycles. The van der Waals surface area contributed by atoms with E-state index in [4.69, 9.17) is 10.3 Å². The van der Waals surface area contributed by atoms with Crippen LogP contribution in [0, 0.1) is 11.6 Å². The molecule has 2 aromatic carbocycles. The van der Waals surface area contributed by atoms with Crippen molar-refractivity contribution >= 4 is 11.8 Å². The number of amides is 2. The summed E-state index contributed by atoms with van der Waals surface area (Å²) in [4.78, 5) is 31.2. The topological polar surface area (TPSA) is 95.9 Å². The minimum Gasteiger partial charge on any atom is -0.364 e. The van der Waals surface area contributed by atoms with Gasteiger partial charge in [0.1, 0.15) is 23.6 Å². The Morgan fingerprint density at radius 3 is 2.03 bits per heavy atom. The van der Waals surface area contributed by atoms with E-state index in [9.17, 15) is 18.4 Å². The monoisotopic (exact) mass is 495 g/mol. The van der Waals surface area contributed by atoms with Crippen molar-refractivity contribution in [3.05, 3.63) is 88.8 Å². The number of hydrogen-bond acceptors (Lipinski definition) is 6. The summed E-state index contributed by atoms with van der Waals surface area (Å²) in [6.45, 7) is 2.77. The quantitative estimate of drug-likeness (QED) is 0.565. The van der Waals surface area contributed by atoms with Crippen molar-refractivity contribution in [2.75, 3.05) is 26.2 Å². The van der Waals surface area contributed by atoms with Crippen LogP contribution in [0.4, 0.5) is 8.78 Å². The fourth-order valence-electron chi connectivity index (χ4n) is 4.91. The lowest BCUT2D eigenvalue weighted by molar-refractivity contribution is -0.139. The van der Waals surface area contributed by atoms with Gasteiger partial charge >= 0.3 is 0 Å². The Bertz CT molecular complexity index is 1160. The summed E-state index contributed by atoms with van der Waals surface area (Å²) < 4.78 is 32.0. The Balaban J connectivity index is 1.20. The molecule has 0 unspecified atom stereocenters. The maximum Gasteiger partial charge on any atom is 0.240 e. The first-order valence-corrected chi connectivity index (χ1v) is 11.9. The van der Waals surface area contributed by atoms with Crippen LogP contribution >= 0.6 is 0 Å². The molecule has 2 aliphatic heterocycles. The van der Waals surface area contributed by atoms with Gasteiger partial charge in [-0.15, -0.1) is 0 Å². The van der Waals surface area contributed by atoms with Gasteiger partial charge in [0.15, 0.2) is 0 Å². The molecule has 0 spiro atoms. The van der Waals surface area contributed by atoms with Gasteiger partial charge in [0.25, 0.3) is 0 Å². The minimum absolute atomic E-state index is 0.0727. The summed E-state index contributed by atoms with van der Waals surface area (Å²) in [5.41, 5.74) is 9.45. The molecule has 188 valence electrons. The molecule has 1 aromatic heterocycles. The van der Waals surface area contributed by atoms with E-state index in [1.54, 1.807) is 34.1 Å². The number of nitrogens with two attached hydrogens (primary N) is 1. The van der Waals surface area contributed by atoms with Crippen LogP contribution in [0.5, 0.6) is 0 Å².